The zero-order valence-electron chi connectivity index (χ0n) is 25.3. The quantitative estimate of drug-likeness (QED) is 0.136. The summed E-state index contributed by atoms with van der Waals surface area (Å²) < 4.78 is 34.0. The number of hydrogen-bond acceptors (Lipinski definition) is 11. The molecule has 0 unspecified atom stereocenters. The largest absolute Gasteiger partial charge is 3.00 e. The second-order valence-corrected chi connectivity index (χ2v) is 11.0. The molecule has 0 fully saturated rings. The maximum atomic E-state index is 9.47. The molecule has 0 aliphatic carbocycles. The van der Waals surface area contributed by atoms with E-state index >= 15 is 0 Å². The van der Waals surface area contributed by atoms with Crippen LogP contribution in [0, 0.1) is 10.2 Å². The van der Waals surface area contributed by atoms with Gasteiger partial charge in [-0.25, -0.2) is 18.6 Å². The maximum absolute atomic E-state index is 9.47. The molecule has 5 rings (SSSR count). The topological polar surface area (TPSA) is 207 Å². The number of aromatic nitrogens is 3. The Balaban J connectivity index is 0.000000738. The Morgan fingerprint density at radius 3 is 1.43 bits per heavy atom. The van der Waals surface area contributed by atoms with Gasteiger partial charge in [-0.05, 0) is 42.7 Å². The van der Waals surface area contributed by atoms with E-state index in [4.69, 9.17) is 28.6 Å². The van der Waals surface area contributed by atoms with Gasteiger partial charge in [0, 0.05) is 42.7 Å². The summed E-state index contributed by atoms with van der Waals surface area (Å²) in [5.41, 5.74) is 7.30. The fourth-order valence-electron chi connectivity index (χ4n) is 4.14. The number of carbonyl (C=O) groups is 1. The van der Waals surface area contributed by atoms with Crippen LogP contribution >= 0.6 is 11.8 Å². The van der Waals surface area contributed by atoms with Crippen LogP contribution in [0.3, 0.4) is 0 Å². The first-order valence-electron chi connectivity index (χ1n) is 13.6. The Labute approximate surface area is 290 Å². The van der Waals surface area contributed by atoms with E-state index in [0.29, 0.717) is 13.1 Å². The van der Waals surface area contributed by atoms with Crippen molar-refractivity contribution >= 4 is 17.7 Å². The van der Waals surface area contributed by atoms with Crippen molar-refractivity contribution in [3.8, 4) is 22.5 Å². The number of pyridine rings is 3. The number of carboxylic acids is 1. The van der Waals surface area contributed by atoms with E-state index in [-0.39, 0.29) is 27.7 Å². The molecule has 3 N–H and O–H groups in total. The maximum Gasteiger partial charge on any atom is 3.00 e. The first-order chi connectivity index (χ1) is 21.6. The third-order valence-corrected chi connectivity index (χ3v) is 6.42. The van der Waals surface area contributed by atoms with Gasteiger partial charge in [0.05, 0.1) is 34.4 Å². The van der Waals surface area contributed by atoms with E-state index < -0.39 is 16.2 Å². The van der Waals surface area contributed by atoms with Crippen molar-refractivity contribution in [3.05, 3.63) is 139 Å². The smallest absolute Gasteiger partial charge is 0.549 e. The molecule has 3 heterocycles. The number of hydrogen-bond donors (Lipinski definition) is 0. The summed E-state index contributed by atoms with van der Waals surface area (Å²) in [6, 6.07) is 39.1. The molecule has 0 aliphatic rings. The second-order valence-electron chi connectivity index (χ2n) is 9.41. The summed E-state index contributed by atoms with van der Waals surface area (Å²) in [6.45, 7) is 2.12. The van der Waals surface area contributed by atoms with E-state index in [1.807, 2.05) is 54.7 Å². The minimum Gasteiger partial charge on any atom is -0.549 e. The van der Waals surface area contributed by atoms with Crippen molar-refractivity contribution in [2.75, 3.05) is 12.0 Å². The molecular weight excluding hydrogens is 691 g/mol. The van der Waals surface area contributed by atoms with Gasteiger partial charge in [-0.1, -0.05) is 78.9 Å². The predicted octanol–water partition coefficient (Wildman–Crippen LogP) is -0.173. The third-order valence-electron chi connectivity index (χ3n) is 5.90. The van der Waals surface area contributed by atoms with Crippen molar-refractivity contribution in [3.63, 3.8) is 0 Å². The Morgan fingerprint density at radius 1 is 0.660 bits per heavy atom. The zero-order chi connectivity index (χ0) is 32.5. The summed E-state index contributed by atoms with van der Waals surface area (Å²) in [5, 5.41) is 9.47. The van der Waals surface area contributed by atoms with Crippen molar-refractivity contribution in [1.29, 1.82) is 0 Å². The van der Waals surface area contributed by atoms with Crippen LogP contribution in [0.5, 0.6) is 0 Å². The van der Waals surface area contributed by atoms with E-state index in [0.717, 1.165) is 46.1 Å². The van der Waals surface area contributed by atoms with Crippen LogP contribution in [0.1, 0.15) is 17.1 Å². The van der Waals surface area contributed by atoms with Gasteiger partial charge in [0.2, 0.25) is 0 Å². The molecule has 11 nitrogen and oxygen atoms in total. The van der Waals surface area contributed by atoms with Crippen LogP contribution in [0.2, 0.25) is 0 Å². The second kappa shape index (κ2) is 21.9. The van der Waals surface area contributed by atoms with Gasteiger partial charge in [0.1, 0.15) is 0 Å². The number of benzene rings is 2. The average molecular weight is 725 g/mol. The summed E-state index contributed by atoms with van der Waals surface area (Å²) in [4.78, 5) is 26.3. The summed E-state index contributed by atoms with van der Waals surface area (Å²) in [6.07, 6.45) is 3.56. The molecule has 2 aromatic carbocycles. The first-order valence-corrected chi connectivity index (χ1v) is 16.2. The number of carbonyl (C=O) groups excluding carboxylic acids is 1. The zero-order valence-corrected chi connectivity index (χ0v) is 27.9. The van der Waals surface area contributed by atoms with Crippen LogP contribution in [0.15, 0.2) is 121 Å². The van der Waals surface area contributed by atoms with Gasteiger partial charge in [0.15, 0.2) is 0 Å². The SMILES string of the molecule is CSCC(=O)[O-].[Ni+3].[O-][Cl+3]([O-])([O-])[O-].[OH3+].c1ccc(-c2cccc(CN(Cc3ccccn3)Cc3cccc(-c4ccccc4)n3)n2)cc1. The molecule has 0 atom stereocenters. The van der Waals surface area contributed by atoms with Gasteiger partial charge < -0.3 is 15.4 Å². The molecule has 0 saturated heterocycles. The van der Waals surface area contributed by atoms with Crippen molar-refractivity contribution in [1.82, 2.24) is 19.9 Å². The summed E-state index contributed by atoms with van der Waals surface area (Å²) in [5.74, 6) is -0.900. The average Bonchev–Trinajstić information content (AvgIpc) is 3.02. The molecule has 249 valence electrons. The van der Waals surface area contributed by atoms with E-state index in [1.54, 1.807) is 6.26 Å². The standard InChI is InChI=1S/C30H26N4.C3H6O2S.ClHO4.Ni.H2O/c1-3-11-24(12-4-1)29-18-9-16-27(32-29)22-34(21-26-15-7-8-20-31-26)23-28-17-10-19-30(33-28)25-13-5-2-6-14-25;1-6-2-3(4)5;2-1(3,4)5;;/h1-20H,21-23H2;2H2,1H3,(H,4,5);(H,2,3,4,5);;1H2/q;;;+3;/p-1. The van der Waals surface area contributed by atoms with Gasteiger partial charge in [-0.3, -0.25) is 19.9 Å². The molecule has 0 aliphatic heterocycles. The third kappa shape index (κ3) is 17.1. The molecule has 47 heavy (non-hydrogen) atoms. The van der Waals surface area contributed by atoms with Crippen LogP contribution in [0.25, 0.3) is 22.5 Å². The molecule has 0 saturated carbocycles. The van der Waals surface area contributed by atoms with Crippen molar-refractivity contribution in [2.45, 2.75) is 19.6 Å². The van der Waals surface area contributed by atoms with E-state index in [1.165, 1.54) is 11.8 Å². The molecule has 0 spiro atoms. The Bertz CT molecular complexity index is 1500. The Hall–Kier alpha value is -3.75. The van der Waals surface area contributed by atoms with Gasteiger partial charge in [-0.15, -0.1) is 10.2 Å². The molecular formula is C33H34ClN4NiO7S+2. The molecule has 1 radical (unpaired) electrons. The number of nitrogens with zero attached hydrogens (tertiary/aromatic N) is 4. The molecule has 5 aromatic rings. The van der Waals surface area contributed by atoms with Gasteiger partial charge in [-0.2, -0.15) is 11.8 Å². The van der Waals surface area contributed by atoms with Crippen molar-refractivity contribution < 1.29 is 60.7 Å². The number of halogens is 1. The number of rotatable bonds is 10. The monoisotopic (exact) mass is 723 g/mol. The minimum atomic E-state index is -4.94. The summed E-state index contributed by atoms with van der Waals surface area (Å²) >= 11 is 1.25. The van der Waals surface area contributed by atoms with E-state index in [2.05, 4.69) is 76.6 Å². The Morgan fingerprint density at radius 2 is 1.06 bits per heavy atom. The van der Waals surface area contributed by atoms with Crippen LogP contribution < -0.4 is 23.7 Å². The molecule has 0 amide bonds. The van der Waals surface area contributed by atoms with Crippen LogP contribution in [-0.2, 0) is 46.4 Å². The first kappa shape index (κ1) is 41.3. The number of aliphatic carboxylic acids is 1. The van der Waals surface area contributed by atoms with Gasteiger partial charge >= 0.3 is 16.5 Å². The normalized spacial score (nSPS) is 10.3. The fraction of sp³-hybridized carbons (Fsp3) is 0.152. The number of carboxylic acid groups (broad SMARTS) is 1. The predicted molar refractivity (Wildman–Crippen MR) is 165 cm³/mol. The molecule has 3 aromatic heterocycles. The summed E-state index contributed by atoms with van der Waals surface area (Å²) in [7, 11) is -4.94. The number of thioether (sulfide) groups is 1. The molecule has 14 heteroatoms. The van der Waals surface area contributed by atoms with E-state index in [9.17, 15) is 9.90 Å². The van der Waals surface area contributed by atoms with Gasteiger partial charge in [0.25, 0.3) is 0 Å². The molecule has 0 bridgehead atoms. The van der Waals surface area contributed by atoms with Crippen LogP contribution in [0.4, 0.5) is 0 Å². The fourth-order valence-corrected chi connectivity index (χ4v) is 4.37. The van der Waals surface area contributed by atoms with Crippen molar-refractivity contribution in [2.24, 2.45) is 0 Å². The van der Waals surface area contributed by atoms with Crippen LogP contribution in [-0.4, -0.2) is 37.8 Å². The minimum absolute atomic E-state index is 0. The Kier molecular flexibility index (Phi) is 19.3.